The van der Waals surface area contributed by atoms with E-state index in [0.29, 0.717) is 0 Å². The first-order valence-corrected chi connectivity index (χ1v) is 7.46. The average Bonchev–Trinajstić information content (AvgIpc) is 2.90. The lowest BCUT2D eigenvalue weighted by atomic mass is 10.00. The number of nitrogens with two attached hydrogens (primary N) is 1. The molecule has 2 atom stereocenters. The van der Waals surface area contributed by atoms with Crippen LogP contribution in [-0.4, -0.2) is 9.78 Å². The van der Waals surface area contributed by atoms with Crippen molar-refractivity contribution >= 4 is 0 Å². The molecule has 2 rings (SSSR count). The Hall–Kier alpha value is -1.61. The average molecular weight is 271 g/mol. The third kappa shape index (κ3) is 2.93. The Labute approximate surface area is 121 Å². The van der Waals surface area contributed by atoms with Crippen LogP contribution in [0.4, 0.5) is 0 Å². The standard InChI is InChI=1S/C17H25N3/c1-5-15-11-16(6-2)20(19-15)13(4)17(18)14-9-7-12(3)8-10-14/h7-11,13,17H,5-6,18H2,1-4H3. The van der Waals surface area contributed by atoms with Gasteiger partial charge in [-0.25, -0.2) is 0 Å². The fourth-order valence-electron chi connectivity index (χ4n) is 2.50. The summed E-state index contributed by atoms with van der Waals surface area (Å²) in [5.74, 6) is 0. The Bertz CT molecular complexity index is 554. The van der Waals surface area contributed by atoms with Crippen LogP contribution < -0.4 is 5.73 Å². The second kappa shape index (κ2) is 6.23. The predicted molar refractivity (Wildman–Crippen MR) is 83.8 cm³/mol. The third-order valence-electron chi connectivity index (χ3n) is 3.96. The molecule has 108 valence electrons. The zero-order valence-corrected chi connectivity index (χ0v) is 12.9. The number of benzene rings is 1. The second-order valence-corrected chi connectivity index (χ2v) is 5.46. The molecule has 0 radical (unpaired) electrons. The Kier molecular flexibility index (Phi) is 4.61. The van der Waals surface area contributed by atoms with Gasteiger partial charge < -0.3 is 5.73 Å². The number of rotatable bonds is 5. The van der Waals surface area contributed by atoms with E-state index in [0.717, 1.165) is 18.5 Å². The number of hydrogen-bond acceptors (Lipinski definition) is 2. The molecule has 0 aliphatic carbocycles. The van der Waals surface area contributed by atoms with Gasteiger partial charge in [-0.1, -0.05) is 43.7 Å². The molecule has 20 heavy (non-hydrogen) atoms. The maximum absolute atomic E-state index is 6.43. The largest absolute Gasteiger partial charge is 0.322 e. The van der Waals surface area contributed by atoms with Crippen LogP contribution in [0.15, 0.2) is 30.3 Å². The van der Waals surface area contributed by atoms with Gasteiger partial charge in [0.15, 0.2) is 0 Å². The zero-order chi connectivity index (χ0) is 14.7. The topological polar surface area (TPSA) is 43.8 Å². The van der Waals surface area contributed by atoms with E-state index in [9.17, 15) is 0 Å². The summed E-state index contributed by atoms with van der Waals surface area (Å²) in [6, 6.07) is 10.8. The molecule has 0 bridgehead atoms. The van der Waals surface area contributed by atoms with Crippen LogP contribution in [0.5, 0.6) is 0 Å². The van der Waals surface area contributed by atoms with E-state index in [1.807, 2.05) is 0 Å². The van der Waals surface area contributed by atoms with Crippen LogP contribution in [0, 0.1) is 6.92 Å². The van der Waals surface area contributed by atoms with Gasteiger partial charge >= 0.3 is 0 Å². The quantitative estimate of drug-likeness (QED) is 0.903. The van der Waals surface area contributed by atoms with E-state index < -0.39 is 0 Å². The van der Waals surface area contributed by atoms with Gasteiger partial charge in [-0.2, -0.15) is 5.10 Å². The number of aromatic nitrogens is 2. The molecule has 1 aromatic carbocycles. The first kappa shape index (κ1) is 14.8. The van der Waals surface area contributed by atoms with Crippen LogP contribution in [0.1, 0.15) is 55.4 Å². The van der Waals surface area contributed by atoms with Crippen LogP contribution in [-0.2, 0) is 12.8 Å². The van der Waals surface area contributed by atoms with Crippen LogP contribution >= 0.6 is 0 Å². The van der Waals surface area contributed by atoms with E-state index >= 15 is 0 Å². The summed E-state index contributed by atoms with van der Waals surface area (Å²) in [5, 5.41) is 4.70. The van der Waals surface area contributed by atoms with Crippen LogP contribution in [0.3, 0.4) is 0 Å². The predicted octanol–water partition coefficient (Wildman–Crippen LogP) is 3.58. The summed E-state index contributed by atoms with van der Waals surface area (Å²) in [6.07, 6.45) is 1.95. The van der Waals surface area contributed by atoms with Crippen molar-refractivity contribution in [3.63, 3.8) is 0 Å². The highest BCUT2D eigenvalue weighted by atomic mass is 15.3. The van der Waals surface area contributed by atoms with E-state index in [4.69, 9.17) is 10.8 Å². The fraction of sp³-hybridized carbons (Fsp3) is 0.471. The Balaban J connectivity index is 2.27. The van der Waals surface area contributed by atoms with Crippen molar-refractivity contribution in [1.29, 1.82) is 0 Å². The molecule has 2 N–H and O–H groups in total. The van der Waals surface area contributed by atoms with Gasteiger partial charge in [-0.05, 0) is 38.3 Å². The minimum atomic E-state index is -0.0366. The summed E-state index contributed by atoms with van der Waals surface area (Å²) in [6.45, 7) is 8.54. The van der Waals surface area contributed by atoms with Gasteiger partial charge in [-0.15, -0.1) is 0 Å². The normalized spacial score (nSPS) is 14.2. The molecule has 3 heteroatoms. The van der Waals surface area contributed by atoms with Gasteiger partial charge in [-0.3, -0.25) is 4.68 Å². The first-order valence-electron chi connectivity index (χ1n) is 7.46. The highest BCUT2D eigenvalue weighted by Gasteiger charge is 2.20. The zero-order valence-electron chi connectivity index (χ0n) is 12.9. The molecule has 3 nitrogen and oxygen atoms in total. The Morgan fingerprint density at radius 2 is 1.80 bits per heavy atom. The summed E-state index contributed by atoms with van der Waals surface area (Å²) in [5.41, 5.74) is 11.3. The second-order valence-electron chi connectivity index (χ2n) is 5.46. The summed E-state index contributed by atoms with van der Waals surface area (Å²) in [4.78, 5) is 0. The summed E-state index contributed by atoms with van der Waals surface area (Å²) >= 11 is 0. The number of hydrogen-bond donors (Lipinski definition) is 1. The van der Waals surface area contributed by atoms with Crippen molar-refractivity contribution in [2.75, 3.05) is 0 Å². The van der Waals surface area contributed by atoms with E-state index in [1.165, 1.54) is 16.8 Å². The van der Waals surface area contributed by atoms with Crippen molar-refractivity contribution in [1.82, 2.24) is 9.78 Å². The molecular weight excluding hydrogens is 246 g/mol. The molecule has 0 spiro atoms. The molecule has 1 heterocycles. The number of aryl methyl sites for hydroxylation is 3. The lowest BCUT2D eigenvalue weighted by molar-refractivity contribution is 0.401. The minimum absolute atomic E-state index is 0.0366. The van der Waals surface area contributed by atoms with Crippen molar-refractivity contribution in [3.05, 3.63) is 52.8 Å². The number of nitrogens with zero attached hydrogens (tertiary/aromatic N) is 2. The summed E-state index contributed by atoms with van der Waals surface area (Å²) in [7, 11) is 0. The molecule has 1 aromatic heterocycles. The van der Waals surface area contributed by atoms with Crippen molar-refractivity contribution in [2.24, 2.45) is 5.73 Å². The van der Waals surface area contributed by atoms with E-state index in [1.54, 1.807) is 0 Å². The maximum atomic E-state index is 6.43. The Morgan fingerprint density at radius 1 is 1.15 bits per heavy atom. The first-order chi connectivity index (χ1) is 9.56. The van der Waals surface area contributed by atoms with Gasteiger partial charge in [0.05, 0.1) is 17.8 Å². The van der Waals surface area contributed by atoms with E-state index in [-0.39, 0.29) is 12.1 Å². The molecule has 0 aliphatic rings. The molecule has 0 fully saturated rings. The molecule has 0 aliphatic heterocycles. The lowest BCUT2D eigenvalue weighted by Crippen LogP contribution is -2.24. The van der Waals surface area contributed by atoms with Crippen LogP contribution in [0.25, 0.3) is 0 Å². The van der Waals surface area contributed by atoms with Crippen molar-refractivity contribution in [2.45, 2.75) is 52.6 Å². The fourth-order valence-corrected chi connectivity index (χ4v) is 2.50. The molecule has 0 saturated carbocycles. The van der Waals surface area contributed by atoms with Crippen molar-refractivity contribution < 1.29 is 0 Å². The van der Waals surface area contributed by atoms with Crippen molar-refractivity contribution in [3.8, 4) is 0 Å². The summed E-state index contributed by atoms with van der Waals surface area (Å²) < 4.78 is 2.10. The van der Waals surface area contributed by atoms with E-state index in [2.05, 4.69) is 62.7 Å². The van der Waals surface area contributed by atoms with Crippen LogP contribution in [0.2, 0.25) is 0 Å². The third-order valence-corrected chi connectivity index (χ3v) is 3.96. The molecular formula is C17H25N3. The smallest absolute Gasteiger partial charge is 0.0686 e. The SMILES string of the molecule is CCc1cc(CC)n(C(C)C(N)c2ccc(C)cc2)n1. The minimum Gasteiger partial charge on any atom is -0.322 e. The molecule has 0 saturated heterocycles. The molecule has 2 unspecified atom stereocenters. The Morgan fingerprint density at radius 3 is 2.35 bits per heavy atom. The van der Waals surface area contributed by atoms with Gasteiger partial charge in [0.2, 0.25) is 0 Å². The van der Waals surface area contributed by atoms with Gasteiger partial charge in [0.25, 0.3) is 0 Å². The maximum Gasteiger partial charge on any atom is 0.0686 e. The van der Waals surface area contributed by atoms with Gasteiger partial charge in [0.1, 0.15) is 0 Å². The molecule has 2 aromatic rings. The molecule has 0 amide bonds. The van der Waals surface area contributed by atoms with Gasteiger partial charge in [0, 0.05) is 5.69 Å². The highest BCUT2D eigenvalue weighted by Crippen LogP contribution is 2.25. The highest BCUT2D eigenvalue weighted by molar-refractivity contribution is 5.25. The lowest BCUT2D eigenvalue weighted by Gasteiger charge is -2.23. The monoisotopic (exact) mass is 271 g/mol.